The Bertz CT molecular complexity index is 467. The molecule has 2 rings (SSSR count). The summed E-state index contributed by atoms with van der Waals surface area (Å²) in [5.74, 6) is -0.455. The number of carbonyl (C=O) groups is 1. The molecular formula is C14H22N2O4. The molecule has 1 saturated carbocycles. The van der Waals surface area contributed by atoms with Gasteiger partial charge in [0, 0.05) is 7.11 Å². The minimum atomic E-state index is -0.778. The predicted octanol–water partition coefficient (Wildman–Crippen LogP) is 2.70. The van der Waals surface area contributed by atoms with Crippen LogP contribution >= 0.6 is 0 Å². The molecule has 0 bridgehead atoms. The van der Waals surface area contributed by atoms with Crippen LogP contribution in [0.15, 0.2) is 4.52 Å². The first-order chi connectivity index (χ1) is 9.51. The first-order valence-corrected chi connectivity index (χ1v) is 7.14. The van der Waals surface area contributed by atoms with Crippen molar-refractivity contribution < 1.29 is 19.2 Å². The minimum Gasteiger partial charge on any atom is -0.481 e. The van der Waals surface area contributed by atoms with E-state index in [9.17, 15) is 9.90 Å². The number of aliphatic carboxylic acids is 1. The van der Waals surface area contributed by atoms with Gasteiger partial charge in [0.2, 0.25) is 11.7 Å². The van der Waals surface area contributed by atoms with Crippen molar-refractivity contribution in [2.24, 2.45) is 5.92 Å². The smallest absolute Gasteiger partial charge is 0.307 e. The maximum absolute atomic E-state index is 11.3. The predicted molar refractivity (Wildman–Crippen MR) is 71.3 cm³/mol. The standard InChI is InChI=1S/C14H22N2O4/c1-4-14(2,19-3)13-15-11(20-16-13)9-7-5-6-8-10(9)12(17)18/h9-10H,4-8H2,1-3H3,(H,17,18). The number of carboxylic acid groups (broad SMARTS) is 1. The zero-order valence-corrected chi connectivity index (χ0v) is 12.3. The van der Waals surface area contributed by atoms with Crippen molar-refractivity contribution in [1.29, 1.82) is 0 Å². The average molecular weight is 282 g/mol. The summed E-state index contributed by atoms with van der Waals surface area (Å²) in [5, 5.41) is 13.3. The highest BCUT2D eigenvalue weighted by Gasteiger charge is 2.37. The van der Waals surface area contributed by atoms with Crippen LogP contribution in [0.3, 0.4) is 0 Å². The molecule has 6 nitrogen and oxygen atoms in total. The molecule has 1 fully saturated rings. The number of nitrogens with zero attached hydrogens (tertiary/aromatic N) is 2. The van der Waals surface area contributed by atoms with Gasteiger partial charge in [0.1, 0.15) is 5.60 Å². The van der Waals surface area contributed by atoms with Gasteiger partial charge in [-0.05, 0) is 26.2 Å². The highest BCUT2D eigenvalue weighted by Crippen LogP contribution is 2.38. The number of aromatic nitrogens is 2. The average Bonchev–Trinajstić information content (AvgIpc) is 2.96. The Hall–Kier alpha value is -1.43. The summed E-state index contributed by atoms with van der Waals surface area (Å²) in [4.78, 5) is 15.8. The molecule has 20 heavy (non-hydrogen) atoms. The fourth-order valence-electron chi connectivity index (χ4n) is 2.72. The van der Waals surface area contributed by atoms with Crippen LogP contribution in [0.2, 0.25) is 0 Å². The Labute approximate surface area is 118 Å². The van der Waals surface area contributed by atoms with Crippen molar-refractivity contribution in [3.05, 3.63) is 11.7 Å². The molecule has 3 unspecified atom stereocenters. The van der Waals surface area contributed by atoms with Crippen molar-refractivity contribution in [2.75, 3.05) is 7.11 Å². The normalized spacial score (nSPS) is 26.1. The molecule has 0 radical (unpaired) electrons. The second kappa shape index (κ2) is 5.91. The summed E-state index contributed by atoms with van der Waals surface area (Å²) in [7, 11) is 1.61. The lowest BCUT2D eigenvalue weighted by Gasteiger charge is -2.25. The van der Waals surface area contributed by atoms with Crippen LogP contribution in [-0.2, 0) is 15.1 Å². The molecule has 3 atom stereocenters. The Morgan fingerprint density at radius 3 is 2.80 bits per heavy atom. The molecule has 1 aliphatic carbocycles. The third kappa shape index (κ3) is 2.70. The van der Waals surface area contributed by atoms with Crippen LogP contribution in [0.1, 0.15) is 63.6 Å². The summed E-state index contributed by atoms with van der Waals surface area (Å²) in [6.45, 7) is 3.89. The van der Waals surface area contributed by atoms with Crippen molar-refractivity contribution in [2.45, 2.75) is 57.5 Å². The number of methoxy groups -OCH3 is 1. The van der Waals surface area contributed by atoms with Crippen molar-refractivity contribution in [3.63, 3.8) is 0 Å². The van der Waals surface area contributed by atoms with E-state index in [0.29, 0.717) is 18.1 Å². The largest absolute Gasteiger partial charge is 0.481 e. The molecule has 1 aromatic heterocycles. The van der Waals surface area contributed by atoms with E-state index >= 15 is 0 Å². The molecule has 0 spiro atoms. The summed E-state index contributed by atoms with van der Waals surface area (Å²) in [6, 6.07) is 0. The molecule has 0 aliphatic heterocycles. The van der Waals surface area contributed by atoms with Crippen LogP contribution in [0.4, 0.5) is 0 Å². The summed E-state index contributed by atoms with van der Waals surface area (Å²) < 4.78 is 10.8. The number of hydrogen-bond donors (Lipinski definition) is 1. The van der Waals surface area contributed by atoms with E-state index < -0.39 is 17.5 Å². The van der Waals surface area contributed by atoms with Crippen molar-refractivity contribution in [3.8, 4) is 0 Å². The topological polar surface area (TPSA) is 85.5 Å². The second-order valence-corrected chi connectivity index (χ2v) is 5.58. The molecule has 1 N–H and O–H groups in total. The van der Waals surface area contributed by atoms with E-state index in [1.165, 1.54) is 0 Å². The molecule has 0 saturated heterocycles. The highest BCUT2D eigenvalue weighted by atomic mass is 16.5. The van der Waals surface area contributed by atoms with E-state index in [1.807, 2.05) is 13.8 Å². The van der Waals surface area contributed by atoms with Crippen LogP contribution in [-0.4, -0.2) is 28.3 Å². The Morgan fingerprint density at radius 1 is 1.50 bits per heavy atom. The van der Waals surface area contributed by atoms with Gasteiger partial charge in [-0.2, -0.15) is 4.98 Å². The lowest BCUT2D eigenvalue weighted by Crippen LogP contribution is -2.27. The van der Waals surface area contributed by atoms with Crippen molar-refractivity contribution in [1.82, 2.24) is 10.1 Å². The van der Waals surface area contributed by atoms with Gasteiger partial charge >= 0.3 is 5.97 Å². The van der Waals surface area contributed by atoms with Gasteiger partial charge in [-0.15, -0.1) is 0 Å². The van der Waals surface area contributed by atoms with Gasteiger partial charge in [-0.25, -0.2) is 0 Å². The third-order valence-electron chi connectivity index (χ3n) is 4.44. The summed E-state index contributed by atoms with van der Waals surface area (Å²) in [5.41, 5.74) is -0.588. The maximum Gasteiger partial charge on any atom is 0.307 e. The fourth-order valence-corrected chi connectivity index (χ4v) is 2.72. The van der Waals surface area contributed by atoms with Gasteiger partial charge in [0.25, 0.3) is 0 Å². The molecule has 6 heteroatoms. The number of hydrogen-bond acceptors (Lipinski definition) is 5. The third-order valence-corrected chi connectivity index (χ3v) is 4.44. The quantitative estimate of drug-likeness (QED) is 0.893. The minimum absolute atomic E-state index is 0.180. The SMILES string of the molecule is CCC(C)(OC)c1noc(C2CCCCC2C(=O)O)n1. The molecule has 1 aliphatic rings. The number of rotatable bonds is 5. The molecule has 1 aromatic rings. The monoisotopic (exact) mass is 282 g/mol. The van der Waals surface area contributed by atoms with Gasteiger partial charge < -0.3 is 14.4 Å². The van der Waals surface area contributed by atoms with Gasteiger partial charge in [-0.3, -0.25) is 4.79 Å². The highest BCUT2D eigenvalue weighted by molar-refractivity contribution is 5.71. The van der Waals surface area contributed by atoms with Crippen molar-refractivity contribution >= 4 is 5.97 Å². The summed E-state index contributed by atoms with van der Waals surface area (Å²) in [6.07, 6.45) is 4.12. The summed E-state index contributed by atoms with van der Waals surface area (Å²) >= 11 is 0. The first kappa shape index (κ1) is 15.0. The van der Waals surface area contributed by atoms with Gasteiger partial charge in [0.15, 0.2) is 0 Å². The van der Waals surface area contributed by atoms with E-state index in [1.54, 1.807) is 7.11 Å². The molecular weight excluding hydrogens is 260 g/mol. The Morgan fingerprint density at radius 2 is 2.20 bits per heavy atom. The van der Waals surface area contributed by atoms with Crippen LogP contribution < -0.4 is 0 Å². The fraction of sp³-hybridized carbons (Fsp3) is 0.786. The van der Waals surface area contributed by atoms with Gasteiger partial charge in [-0.1, -0.05) is 24.9 Å². The van der Waals surface area contributed by atoms with Gasteiger partial charge in [0.05, 0.1) is 11.8 Å². The Balaban J connectivity index is 2.25. The molecule has 112 valence electrons. The molecule has 0 aromatic carbocycles. The molecule has 1 heterocycles. The van der Waals surface area contributed by atoms with Crippen LogP contribution in [0.5, 0.6) is 0 Å². The van der Waals surface area contributed by atoms with E-state index in [2.05, 4.69) is 10.1 Å². The lowest BCUT2D eigenvalue weighted by molar-refractivity contribution is -0.143. The lowest BCUT2D eigenvalue weighted by atomic mass is 9.79. The van der Waals surface area contributed by atoms with E-state index in [0.717, 1.165) is 25.7 Å². The zero-order valence-electron chi connectivity index (χ0n) is 12.3. The van der Waals surface area contributed by atoms with E-state index in [4.69, 9.17) is 9.26 Å². The second-order valence-electron chi connectivity index (χ2n) is 5.58. The maximum atomic E-state index is 11.3. The number of ether oxygens (including phenoxy) is 1. The Kier molecular flexibility index (Phi) is 4.42. The zero-order chi connectivity index (χ0) is 14.8. The van der Waals surface area contributed by atoms with E-state index in [-0.39, 0.29) is 5.92 Å². The van der Waals surface area contributed by atoms with Crippen LogP contribution in [0, 0.1) is 5.92 Å². The van der Waals surface area contributed by atoms with Crippen LogP contribution in [0.25, 0.3) is 0 Å². The number of carboxylic acids is 1. The molecule has 0 amide bonds. The first-order valence-electron chi connectivity index (χ1n) is 7.14.